The molecule has 204 valence electrons. The van der Waals surface area contributed by atoms with Gasteiger partial charge in [-0.15, -0.1) is 0 Å². The second-order valence-corrected chi connectivity index (χ2v) is 11.8. The van der Waals surface area contributed by atoms with E-state index in [0.717, 1.165) is 16.7 Å². The van der Waals surface area contributed by atoms with E-state index >= 15 is 0 Å². The topological polar surface area (TPSA) is 96.0 Å². The number of benzene rings is 2. The molecule has 0 fully saturated rings. The molecule has 0 bridgehead atoms. The Kier molecular flexibility index (Phi) is 11.0. The van der Waals surface area contributed by atoms with Crippen molar-refractivity contribution in [3.63, 3.8) is 0 Å². The van der Waals surface area contributed by atoms with Crippen molar-refractivity contribution in [2.45, 2.75) is 60.0 Å². The molecule has 1 atom stereocenters. The summed E-state index contributed by atoms with van der Waals surface area (Å²) in [5.74, 6) is 0.507. The van der Waals surface area contributed by atoms with Crippen LogP contribution in [0.1, 0.15) is 50.3 Å². The lowest BCUT2D eigenvalue weighted by Gasteiger charge is -2.30. The summed E-state index contributed by atoms with van der Waals surface area (Å²) in [5, 5.41) is 2.91. The van der Waals surface area contributed by atoms with Crippen LogP contribution in [0.2, 0.25) is 0 Å². The van der Waals surface area contributed by atoms with Crippen LogP contribution < -0.4 is 14.4 Å². The molecule has 2 aromatic rings. The quantitative estimate of drug-likeness (QED) is 0.421. The van der Waals surface area contributed by atoms with Crippen LogP contribution in [0.3, 0.4) is 0 Å². The van der Waals surface area contributed by atoms with E-state index in [1.165, 1.54) is 10.6 Å². The fraction of sp³-hybridized carbons (Fsp3) is 0.500. The van der Waals surface area contributed by atoms with Crippen LogP contribution in [0.5, 0.6) is 5.75 Å². The molecule has 0 heterocycles. The van der Waals surface area contributed by atoms with Gasteiger partial charge in [-0.3, -0.25) is 13.9 Å². The average Bonchev–Trinajstić information content (AvgIpc) is 2.84. The largest absolute Gasteiger partial charge is 0.497 e. The number of carbonyl (C=O) groups excluding carboxylic acids is 2. The summed E-state index contributed by atoms with van der Waals surface area (Å²) in [7, 11) is -1.97. The lowest BCUT2D eigenvalue weighted by Crippen LogP contribution is -2.48. The SMILES string of the molecule is COc1cccc(CN(C(=O)CCCN(c2cccc(C)c2C)S(C)(=O)=O)[C@@H](C)C(=O)NCC(C)C)c1. The van der Waals surface area contributed by atoms with Crippen LogP contribution in [-0.4, -0.2) is 57.6 Å². The summed E-state index contributed by atoms with van der Waals surface area (Å²) in [5.41, 5.74) is 3.33. The second kappa shape index (κ2) is 13.5. The van der Waals surface area contributed by atoms with Gasteiger partial charge < -0.3 is 15.0 Å². The molecule has 0 radical (unpaired) electrons. The zero-order valence-corrected chi connectivity index (χ0v) is 23.9. The van der Waals surface area contributed by atoms with Gasteiger partial charge >= 0.3 is 0 Å². The first-order valence-electron chi connectivity index (χ1n) is 12.6. The van der Waals surface area contributed by atoms with Crippen molar-refractivity contribution >= 4 is 27.5 Å². The van der Waals surface area contributed by atoms with E-state index in [0.29, 0.717) is 24.4 Å². The van der Waals surface area contributed by atoms with Crippen molar-refractivity contribution in [1.29, 1.82) is 0 Å². The van der Waals surface area contributed by atoms with E-state index in [1.54, 1.807) is 25.0 Å². The third-order valence-corrected chi connectivity index (χ3v) is 7.52. The summed E-state index contributed by atoms with van der Waals surface area (Å²) in [6, 6.07) is 12.2. The molecule has 2 rings (SSSR count). The summed E-state index contributed by atoms with van der Waals surface area (Å²) in [6.07, 6.45) is 1.59. The highest BCUT2D eigenvalue weighted by molar-refractivity contribution is 7.92. The summed E-state index contributed by atoms with van der Waals surface area (Å²) >= 11 is 0. The average molecular weight is 532 g/mol. The maximum absolute atomic E-state index is 13.4. The Morgan fingerprint density at radius 2 is 1.73 bits per heavy atom. The Morgan fingerprint density at radius 3 is 2.35 bits per heavy atom. The summed E-state index contributed by atoms with van der Waals surface area (Å²) in [4.78, 5) is 27.8. The molecule has 0 saturated heterocycles. The molecule has 1 N–H and O–H groups in total. The zero-order chi connectivity index (χ0) is 27.8. The fourth-order valence-corrected chi connectivity index (χ4v) is 5.01. The predicted octanol–water partition coefficient (Wildman–Crippen LogP) is 4.05. The molecule has 2 aromatic carbocycles. The minimum absolute atomic E-state index is 0.0999. The number of amides is 2. The van der Waals surface area contributed by atoms with Crippen molar-refractivity contribution in [2.75, 3.05) is 30.8 Å². The van der Waals surface area contributed by atoms with Crippen LogP contribution in [0.4, 0.5) is 5.69 Å². The molecule has 0 spiro atoms. The normalized spacial score (nSPS) is 12.2. The van der Waals surface area contributed by atoms with Crippen LogP contribution in [0.25, 0.3) is 0 Å². The van der Waals surface area contributed by atoms with Crippen molar-refractivity contribution in [3.05, 3.63) is 59.2 Å². The van der Waals surface area contributed by atoms with Crippen molar-refractivity contribution < 1.29 is 22.7 Å². The van der Waals surface area contributed by atoms with Gasteiger partial charge in [0.05, 0.1) is 19.1 Å². The summed E-state index contributed by atoms with van der Waals surface area (Å²) < 4.78 is 31.9. The smallest absolute Gasteiger partial charge is 0.242 e. The molecule has 0 saturated carbocycles. The van der Waals surface area contributed by atoms with E-state index in [9.17, 15) is 18.0 Å². The molecule has 0 unspecified atom stereocenters. The third-order valence-electron chi connectivity index (χ3n) is 6.34. The Bertz CT molecular complexity index is 1180. The number of sulfonamides is 1. The van der Waals surface area contributed by atoms with Gasteiger partial charge in [0.15, 0.2) is 0 Å². The number of methoxy groups -OCH3 is 1. The van der Waals surface area contributed by atoms with E-state index < -0.39 is 16.1 Å². The minimum Gasteiger partial charge on any atom is -0.497 e. The standard InChI is InChI=1S/C28H41N3O5S/c1-20(2)18-29-28(33)23(5)30(19-24-12-9-13-25(17-24)36-6)27(32)15-10-16-31(37(7,34)35)26-14-8-11-21(3)22(26)4/h8-9,11-14,17,20,23H,10,15-16,18-19H2,1-7H3,(H,29,33)/t23-/m0/s1. The van der Waals surface area contributed by atoms with Crippen LogP contribution in [0, 0.1) is 19.8 Å². The fourth-order valence-electron chi connectivity index (χ4n) is 3.99. The number of carbonyl (C=O) groups is 2. The van der Waals surface area contributed by atoms with Crippen LogP contribution in [-0.2, 0) is 26.2 Å². The maximum atomic E-state index is 13.4. The molecular weight excluding hydrogens is 490 g/mol. The van der Waals surface area contributed by atoms with Crippen molar-refractivity contribution in [1.82, 2.24) is 10.2 Å². The maximum Gasteiger partial charge on any atom is 0.242 e. The van der Waals surface area contributed by atoms with Gasteiger partial charge in [-0.25, -0.2) is 8.42 Å². The minimum atomic E-state index is -3.55. The van der Waals surface area contributed by atoms with E-state index in [2.05, 4.69) is 5.32 Å². The number of anilines is 1. The monoisotopic (exact) mass is 531 g/mol. The Morgan fingerprint density at radius 1 is 1.05 bits per heavy atom. The summed E-state index contributed by atoms with van der Waals surface area (Å²) in [6.45, 7) is 10.5. The first-order valence-corrected chi connectivity index (χ1v) is 14.4. The molecular formula is C28H41N3O5S. The highest BCUT2D eigenvalue weighted by Gasteiger charge is 2.27. The number of nitrogens with zero attached hydrogens (tertiary/aromatic N) is 2. The van der Waals surface area contributed by atoms with Gasteiger partial charge in [-0.05, 0) is 68.0 Å². The Hall–Kier alpha value is -3.07. The molecule has 2 amide bonds. The van der Waals surface area contributed by atoms with Gasteiger partial charge in [-0.2, -0.15) is 0 Å². The number of ether oxygens (including phenoxy) is 1. The van der Waals surface area contributed by atoms with Gasteiger partial charge in [0.1, 0.15) is 11.8 Å². The van der Waals surface area contributed by atoms with Gasteiger partial charge in [0, 0.05) is 26.1 Å². The lowest BCUT2D eigenvalue weighted by atomic mass is 10.1. The molecule has 8 nitrogen and oxygen atoms in total. The predicted molar refractivity (Wildman–Crippen MR) is 148 cm³/mol. The molecule has 9 heteroatoms. The lowest BCUT2D eigenvalue weighted by molar-refractivity contribution is -0.140. The number of hydrogen-bond donors (Lipinski definition) is 1. The first-order chi connectivity index (χ1) is 17.3. The van der Waals surface area contributed by atoms with E-state index in [-0.39, 0.29) is 37.2 Å². The molecule has 0 aliphatic rings. The molecule has 0 aliphatic heterocycles. The number of aryl methyl sites for hydroxylation is 1. The van der Waals surface area contributed by atoms with Gasteiger partial charge in [-0.1, -0.05) is 38.1 Å². The highest BCUT2D eigenvalue weighted by Crippen LogP contribution is 2.25. The first kappa shape index (κ1) is 30.2. The molecule has 0 aromatic heterocycles. The number of hydrogen-bond acceptors (Lipinski definition) is 5. The highest BCUT2D eigenvalue weighted by atomic mass is 32.2. The van der Waals surface area contributed by atoms with E-state index in [4.69, 9.17) is 4.74 Å². The van der Waals surface area contributed by atoms with Crippen LogP contribution >= 0.6 is 0 Å². The number of rotatable bonds is 13. The zero-order valence-electron chi connectivity index (χ0n) is 23.1. The molecule has 0 aliphatic carbocycles. The Balaban J connectivity index is 2.21. The second-order valence-electron chi connectivity index (χ2n) is 9.85. The van der Waals surface area contributed by atoms with E-state index in [1.807, 2.05) is 64.1 Å². The van der Waals surface area contributed by atoms with Gasteiger partial charge in [0.25, 0.3) is 0 Å². The van der Waals surface area contributed by atoms with Crippen molar-refractivity contribution in [2.24, 2.45) is 5.92 Å². The number of nitrogens with one attached hydrogen (secondary N) is 1. The Labute approximate surface area is 222 Å². The third kappa shape index (κ3) is 8.77. The van der Waals surface area contributed by atoms with Crippen molar-refractivity contribution in [3.8, 4) is 5.75 Å². The molecule has 37 heavy (non-hydrogen) atoms. The van der Waals surface area contributed by atoms with Crippen LogP contribution in [0.15, 0.2) is 42.5 Å². The van der Waals surface area contributed by atoms with Gasteiger partial charge in [0.2, 0.25) is 21.8 Å².